The maximum Gasteiger partial charge on any atom is 0.236 e. The third kappa shape index (κ3) is 5.18. The van der Waals surface area contributed by atoms with Crippen molar-refractivity contribution in [1.82, 2.24) is 4.98 Å². The molecule has 1 aromatic heterocycles. The van der Waals surface area contributed by atoms with E-state index in [0.29, 0.717) is 55.0 Å². The van der Waals surface area contributed by atoms with Gasteiger partial charge in [0.05, 0.1) is 12.0 Å². The summed E-state index contributed by atoms with van der Waals surface area (Å²) in [6.07, 6.45) is 2.85. The number of benzene rings is 3. The predicted octanol–water partition coefficient (Wildman–Crippen LogP) is 5.41. The number of hydrogen-bond acceptors (Lipinski definition) is 8. The molecule has 202 valence electrons. The van der Waals surface area contributed by atoms with Crippen molar-refractivity contribution in [2.45, 2.75) is 29.2 Å². The lowest BCUT2D eigenvalue weighted by atomic mass is 9.90. The van der Waals surface area contributed by atoms with Crippen LogP contribution in [0.3, 0.4) is 0 Å². The van der Waals surface area contributed by atoms with E-state index in [-0.39, 0.29) is 21.7 Å². The lowest BCUT2D eigenvalue weighted by molar-refractivity contribution is 0.171. The fourth-order valence-electron chi connectivity index (χ4n) is 5.14. The smallest absolute Gasteiger partial charge is 0.236 e. The number of nitrogens with zero attached hydrogens (tertiary/aromatic N) is 2. The first-order chi connectivity index (χ1) is 19.0. The van der Waals surface area contributed by atoms with Gasteiger partial charge in [0.25, 0.3) is 0 Å². The zero-order valence-electron chi connectivity index (χ0n) is 21.7. The minimum atomic E-state index is -4.03. The summed E-state index contributed by atoms with van der Waals surface area (Å²) in [5.41, 5.74) is 1.95. The van der Waals surface area contributed by atoms with Crippen LogP contribution in [0.2, 0.25) is 0 Å². The molecule has 2 aliphatic heterocycles. The highest BCUT2D eigenvalue weighted by Gasteiger charge is 2.34. The standard InChI is InChI=1S/C30H30N2O6S/c1-35-24-9-5-8-23(19-24)28-31-29(39(33,34)25-10-11-26-27(20-25)37-17-16-36-26)30(38-28)32-14-12-22(13-15-32)18-21-6-3-2-4-7-21/h2-11,19-20,22H,12-18H2,1H3. The summed E-state index contributed by atoms with van der Waals surface area (Å²) in [5, 5.41) is -0.0986. The molecule has 0 spiro atoms. The number of anilines is 1. The number of aromatic nitrogens is 1. The van der Waals surface area contributed by atoms with Crippen molar-refractivity contribution in [3.63, 3.8) is 0 Å². The summed E-state index contributed by atoms with van der Waals surface area (Å²) < 4.78 is 50.8. The summed E-state index contributed by atoms with van der Waals surface area (Å²) in [5.74, 6) is 2.57. The van der Waals surface area contributed by atoms with Crippen LogP contribution in [0.4, 0.5) is 5.88 Å². The van der Waals surface area contributed by atoms with Crippen LogP contribution >= 0.6 is 0 Å². The van der Waals surface area contributed by atoms with Gasteiger partial charge in [-0.05, 0) is 61.1 Å². The number of sulfone groups is 1. The van der Waals surface area contributed by atoms with Crippen LogP contribution in [0.15, 0.2) is 87.1 Å². The molecule has 1 saturated heterocycles. The third-order valence-corrected chi connectivity index (χ3v) is 8.89. The molecule has 0 aliphatic carbocycles. The van der Waals surface area contributed by atoms with Crippen LogP contribution in [0.1, 0.15) is 18.4 Å². The van der Waals surface area contributed by atoms with Gasteiger partial charge in [0, 0.05) is 24.7 Å². The molecule has 0 radical (unpaired) electrons. The number of ether oxygens (including phenoxy) is 3. The van der Waals surface area contributed by atoms with Crippen LogP contribution in [0, 0.1) is 5.92 Å². The maximum absolute atomic E-state index is 14.0. The van der Waals surface area contributed by atoms with Gasteiger partial charge < -0.3 is 23.5 Å². The van der Waals surface area contributed by atoms with E-state index < -0.39 is 9.84 Å². The zero-order chi connectivity index (χ0) is 26.8. The Balaban J connectivity index is 1.34. The number of fused-ring (bicyclic) bond motifs is 1. The van der Waals surface area contributed by atoms with Gasteiger partial charge in [-0.3, -0.25) is 0 Å². The average molecular weight is 547 g/mol. The van der Waals surface area contributed by atoms with E-state index in [4.69, 9.17) is 18.6 Å². The second kappa shape index (κ2) is 10.6. The van der Waals surface area contributed by atoms with Crippen LogP contribution < -0.4 is 19.1 Å². The lowest BCUT2D eigenvalue weighted by Crippen LogP contribution is -2.34. The first-order valence-corrected chi connectivity index (χ1v) is 14.6. The summed E-state index contributed by atoms with van der Waals surface area (Å²) in [4.78, 5) is 6.64. The van der Waals surface area contributed by atoms with Crippen molar-refractivity contribution < 1.29 is 27.0 Å². The molecule has 6 rings (SSSR count). The van der Waals surface area contributed by atoms with Crippen molar-refractivity contribution in [1.29, 1.82) is 0 Å². The van der Waals surface area contributed by atoms with Gasteiger partial charge >= 0.3 is 0 Å². The highest BCUT2D eigenvalue weighted by Crippen LogP contribution is 2.39. The van der Waals surface area contributed by atoms with E-state index in [1.165, 1.54) is 17.7 Å². The molecule has 0 unspecified atom stereocenters. The third-order valence-electron chi connectivity index (χ3n) is 7.24. The molecule has 0 N–H and O–H groups in total. The summed E-state index contributed by atoms with van der Waals surface area (Å²) in [6.45, 7) is 2.14. The van der Waals surface area contributed by atoms with Crippen LogP contribution in [0.5, 0.6) is 17.2 Å². The quantitative estimate of drug-likeness (QED) is 0.304. The molecule has 39 heavy (non-hydrogen) atoms. The van der Waals surface area contributed by atoms with Gasteiger partial charge in [-0.15, -0.1) is 0 Å². The highest BCUT2D eigenvalue weighted by atomic mass is 32.2. The number of rotatable bonds is 7. The molecular formula is C30H30N2O6S. The van der Waals surface area contributed by atoms with Crippen molar-refractivity contribution in [3.05, 3.63) is 78.4 Å². The Hall–Kier alpha value is -3.98. The van der Waals surface area contributed by atoms with E-state index in [1.54, 1.807) is 19.2 Å². The minimum Gasteiger partial charge on any atom is -0.497 e. The van der Waals surface area contributed by atoms with E-state index in [0.717, 1.165) is 19.3 Å². The maximum atomic E-state index is 14.0. The largest absolute Gasteiger partial charge is 0.497 e. The molecule has 9 heteroatoms. The molecule has 2 aliphatic rings. The molecule has 0 saturated carbocycles. The summed E-state index contributed by atoms with van der Waals surface area (Å²) in [7, 11) is -2.45. The van der Waals surface area contributed by atoms with Crippen molar-refractivity contribution in [3.8, 4) is 28.7 Å². The van der Waals surface area contributed by atoms with Gasteiger partial charge in [-0.2, -0.15) is 4.98 Å². The minimum absolute atomic E-state index is 0.0810. The first-order valence-electron chi connectivity index (χ1n) is 13.1. The topological polar surface area (TPSA) is 91.1 Å². The Labute approximate surface area is 228 Å². The molecule has 1 fully saturated rings. The van der Waals surface area contributed by atoms with Crippen molar-refractivity contribution in [2.24, 2.45) is 5.92 Å². The molecule has 3 heterocycles. The molecular weight excluding hydrogens is 516 g/mol. The SMILES string of the molecule is COc1cccc(-c2nc(S(=O)(=O)c3ccc4c(c3)OCCO4)c(N3CCC(Cc4ccccc4)CC3)o2)c1. The predicted molar refractivity (Wildman–Crippen MR) is 146 cm³/mol. The van der Waals surface area contributed by atoms with Gasteiger partial charge in [-0.1, -0.05) is 36.4 Å². The number of oxazole rings is 1. The zero-order valence-corrected chi connectivity index (χ0v) is 22.5. The second-order valence-electron chi connectivity index (χ2n) is 9.79. The summed E-state index contributed by atoms with van der Waals surface area (Å²) in [6, 6.07) is 22.4. The van der Waals surface area contributed by atoms with Gasteiger partial charge in [-0.25, -0.2) is 8.42 Å². The van der Waals surface area contributed by atoms with Gasteiger partial charge in [0.1, 0.15) is 19.0 Å². The Kier molecular flexibility index (Phi) is 6.91. The van der Waals surface area contributed by atoms with E-state index in [2.05, 4.69) is 29.2 Å². The van der Waals surface area contributed by atoms with Gasteiger partial charge in [0.15, 0.2) is 11.5 Å². The second-order valence-corrected chi connectivity index (χ2v) is 11.7. The Morgan fingerprint density at radius 2 is 1.69 bits per heavy atom. The molecule has 0 atom stereocenters. The van der Waals surface area contributed by atoms with E-state index >= 15 is 0 Å². The normalized spacial score (nSPS) is 15.8. The van der Waals surface area contributed by atoms with Crippen molar-refractivity contribution >= 4 is 15.7 Å². The highest BCUT2D eigenvalue weighted by molar-refractivity contribution is 7.91. The average Bonchev–Trinajstić information content (AvgIpc) is 3.44. The lowest BCUT2D eigenvalue weighted by Gasteiger charge is -2.32. The molecule has 8 nitrogen and oxygen atoms in total. The van der Waals surface area contributed by atoms with Crippen LogP contribution in [-0.2, 0) is 16.3 Å². The first kappa shape index (κ1) is 25.3. The number of methoxy groups -OCH3 is 1. The monoisotopic (exact) mass is 546 g/mol. The Morgan fingerprint density at radius 3 is 2.46 bits per heavy atom. The molecule has 3 aromatic carbocycles. The van der Waals surface area contributed by atoms with Gasteiger partial charge in [0.2, 0.25) is 26.6 Å². The fraction of sp³-hybridized carbons (Fsp3) is 0.300. The molecule has 4 aromatic rings. The number of piperidine rings is 1. The van der Waals surface area contributed by atoms with E-state index in [1.807, 2.05) is 29.2 Å². The Morgan fingerprint density at radius 1 is 0.923 bits per heavy atom. The molecule has 0 bridgehead atoms. The fourth-order valence-corrected chi connectivity index (χ4v) is 6.48. The van der Waals surface area contributed by atoms with Crippen LogP contribution in [0.25, 0.3) is 11.5 Å². The van der Waals surface area contributed by atoms with E-state index in [9.17, 15) is 8.42 Å². The summed E-state index contributed by atoms with van der Waals surface area (Å²) >= 11 is 0. The Bertz CT molecular complexity index is 1560. The van der Waals surface area contributed by atoms with Crippen molar-refractivity contribution in [2.75, 3.05) is 38.3 Å². The number of hydrogen-bond donors (Lipinski definition) is 0. The molecule has 0 amide bonds. The van der Waals surface area contributed by atoms with Crippen LogP contribution in [-0.4, -0.2) is 46.8 Å².